The fourth-order valence-corrected chi connectivity index (χ4v) is 2.16. The van der Waals surface area contributed by atoms with E-state index in [0.29, 0.717) is 0 Å². The van der Waals surface area contributed by atoms with Gasteiger partial charge < -0.3 is 0 Å². The summed E-state index contributed by atoms with van der Waals surface area (Å²) in [6.07, 6.45) is 4.16. The minimum absolute atomic E-state index is 0.835. The van der Waals surface area contributed by atoms with Gasteiger partial charge in [0.1, 0.15) is 0 Å². The lowest BCUT2D eigenvalue weighted by Crippen LogP contribution is -2.33. The average Bonchev–Trinajstić information content (AvgIpc) is 1.80. The molecule has 0 aliphatic rings. The van der Waals surface area contributed by atoms with Gasteiger partial charge in [0.2, 0.25) is 0 Å². The Morgan fingerprint density at radius 2 is 1.80 bits per heavy atom. The first-order valence-corrected chi connectivity index (χ1v) is 8.48. The fraction of sp³-hybridized carbons (Fsp3) is 1.00. The van der Waals surface area contributed by atoms with E-state index >= 15 is 0 Å². The van der Waals surface area contributed by atoms with Crippen LogP contribution in [0.4, 0.5) is 0 Å². The zero-order valence-corrected chi connectivity index (χ0v) is 9.93. The molecule has 0 aromatic carbocycles. The summed E-state index contributed by atoms with van der Waals surface area (Å²) in [5.74, 6) is 0. The van der Waals surface area contributed by atoms with E-state index in [2.05, 4.69) is 35.8 Å². The van der Waals surface area contributed by atoms with Gasteiger partial charge in [0.25, 0.3) is 0 Å². The fourth-order valence-electron chi connectivity index (χ4n) is 0.857. The van der Waals surface area contributed by atoms with Crippen molar-refractivity contribution >= 4 is 17.3 Å². The minimum atomic E-state index is -0.835. The Hall–Kier alpha value is 0.647. The standard InChI is InChI=1S/C8H21PSi/c1-5-6-7-8(9)10(2,3)4/h8H,5-7,9H2,1-4H3. The molecule has 2 unspecified atom stereocenters. The van der Waals surface area contributed by atoms with Crippen LogP contribution in [-0.2, 0) is 0 Å². The monoisotopic (exact) mass is 176 g/mol. The molecule has 2 heteroatoms. The lowest BCUT2D eigenvalue weighted by molar-refractivity contribution is 0.750. The third-order valence-electron chi connectivity index (χ3n) is 1.98. The Morgan fingerprint density at radius 3 is 2.10 bits per heavy atom. The molecule has 0 aromatic heterocycles. The van der Waals surface area contributed by atoms with Gasteiger partial charge in [-0.2, -0.15) is 0 Å². The second-order valence-electron chi connectivity index (χ2n) is 4.11. The molecule has 0 bridgehead atoms. The van der Waals surface area contributed by atoms with Gasteiger partial charge in [0, 0.05) is 0 Å². The molecule has 0 amide bonds. The molecule has 62 valence electrons. The Labute approximate surface area is 69.0 Å². The Bertz CT molecular complexity index is 85.7. The highest BCUT2D eigenvalue weighted by atomic mass is 31.0. The third-order valence-corrected chi connectivity index (χ3v) is 7.83. The smallest absolute Gasteiger partial charge is 0.0513 e. The summed E-state index contributed by atoms with van der Waals surface area (Å²) < 4.78 is 0. The molecule has 0 fully saturated rings. The van der Waals surface area contributed by atoms with Gasteiger partial charge in [0.15, 0.2) is 0 Å². The molecule has 0 saturated carbocycles. The zero-order valence-electron chi connectivity index (χ0n) is 7.78. The summed E-state index contributed by atoms with van der Waals surface area (Å²) >= 11 is 0. The van der Waals surface area contributed by atoms with Gasteiger partial charge in [-0.15, -0.1) is 9.24 Å². The summed E-state index contributed by atoms with van der Waals surface area (Å²) in [6.45, 7) is 9.60. The average molecular weight is 176 g/mol. The highest BCUT2D eigenvalue weighted by Gasteiger charge is 2.21. The van der Waals surface area contributed by atoms with E-state index in [-0.39, 0.29) is 0 Å². The first-order chi connectivity index (χ1) is 4.48. The topological polar surface area (TPSA) is 0 Å². The number of unbranched alkanes of at least 4 members (excludes halogenated alkanes) is 1. The van der Waals surface area contributed by atoms with Crippen LogP contribution in [0.25, 0.3) is 0 Å². The van der Waals surface area contributed by atoms with Crippen LogP contribution in [0.5, 0.6) is 0 Å². The summed E-state index contributed by atoms with van der Waals surface area (Å²) in [7, 11) is 2.18. The first kappa shape index (κ1) is 10.6. The molecule has 10 heavy (non-hydrogen) atoms. The van der Waals surface area contributed by atoms with Gasteiger partial charge in [-0.3, -0.25) is 0 Å². The normalized spacial score (nSPS) is 15.3. The summed E-state index contributed by atoms with van der Waals surface area (Å²) in [6, 6.07) is 0. The van der Waals surface area contributed by atoms with Crippen molar-refractivity contribution in [3.63, 3.8) is 0 Å². The molecule has 0 aliphatic carbocycles. The number of hydrogen-bond acceptors (Lipinski definition) is 0. The first-order valence-electron chi connectivity index (χ1n) is 4.24. The Kier molecular flexibility index (Phi) is 4.80. The zero-order chi connectivity index (χ0) is 8.20. The van der Waals surface area contributed by atoms with Crippen molar-refractivity contribution in [2.24, 2.45) is 0 Å². The highest BCUT2D eigenvalue weighted by Crippen LogP contribution is 2.21. The SMILES string of the molecule is CCCCC(P)[Si](C)(C)C. The van der Waals surface area contributed by atoms with Crippen molar-refractivity contribution in [1.82, 2.24) is 0 Å². The summed E-state index contributed by atoms with van der Waals surface area (Å²) in [4.78, 5) is 0. The molecule has 0 nitrogen and oxygen atoms in total. The number of rotatable bonds is 4. The molecular formula is C8H21PSi. The predicted octanol–water partition coefficient (Wildman–Crippen LogP) is 3.30. The van der Waals surface area contributed by atoms with Crippen LogP contribution in [0, 0.1) is 0 Å². The van der Waals surface area contributed by atoms with Crippen LogP contribution in [-0.4, -0.2) is 13.4 Å². The minimum Gasteiger partial charge on any atom is -0.137 e. The van der Waals surface area contributed by atoms with Gasteiger partial charge >= 0.3 is 0 Å². The molecule has 0 spiro atoms. The quantitative estimate of drug-likeness (QED) is 0.455. The molecule has 0 aliphatic heterocycles. The van der Waals surface area contributed by atoms with Crippen LogP contribution >= 0.6 is 9.24 Å². The number of hydrogen-bond donors (Lipinski definition) is 0. The van der Waals surface area contributed by atoms with Gasteiger partial charge in [0.05, 0.1) is 8.07 Å². The molecule has 0 radical (unpaired) electrons. The van der Waals surface area contributed by atoms with Crippen molar-refractivity contribution in [2.75, 3.05) is 0 Å². The van der Waals surface area contributed by atoms with Crippen LogP contribution in [0.3, 0.4) is 0 Å². The maximum absolute atomic E-state index is 3.02. The van der Waals surface area contributed by atoms with Crippen molar-refractivity contribution < 1.29 is 0 Å². The lowest BCUT2D eigenvalue weighted by atomic mass is 10.3. The second-order valence-corrected chi connectivity index (χ2v) is 11.1. The molecule has 0 saturated heterocycles. The molecule has 0 N–H and O–H groups in total. The van der Waals surface area contributed by atoms with Crippen LogP contribution in [0.2, 0.25) is 19.6 Å². The van der Waals surface area contributed by atoms with Crippen molar-refractivity contribution in [1.29, 1.82) is 0 Å². The van der Waals surface area contributed by atoms with Gasteiger partial charge in [-0.25, -0.2) is 0 Å². The van der Waals surface area contributed by atoms with Crippen LogP contribution in [0.1, 0.15) is 26.2 Å². The van der Waals surface area contributed by atoms with E-state index in [1.54, 1.807) is 0 Å². The largest absolute Gasteiger partial charge is 0.137 e. The van der Waals surface area contributed by atoms with Crippen molar-refractivity contribution in [3.05, 3.63) is 0 Å². The summed E-state index contributed by atoms with van der Waals surface area (Å²) in [5.41, 5.74) is 0. The van der Waals surface area contributed by atoms with Crippen molar-refractivity contribution in [3.8, 4) is 0 Å². The second kappa shape index (κ2) is 4.51. The molecule has 2 atom stereocenters. The van der Waals surface area contributed by atoms with E-state index in [4.69, 9.17) is 0 Å². The maximum Gasteiger partial charge on any atom is 0.0513 e. The lowest BCUT2D eigenvalue weighted by Gasteiger charge is -2.24. The predicted molar refractivity (Wildman–Crippen MR) is 56.4 cm³/mol. The van der Waals surface area contributed by atoms with Crippen molar-refractivity contribution in [2.45, 2.75) is 51.1 Å². The molecule has 0 aromatic rings. The van der Waals surface area contributed by atoms with E-state index in [1.165, 1.54) is 19.3 Å². The van der Waals surface area contributed by atoms with E-state index in [1.807, 2.05) is 0 Å². The Morgan fingerprint density at radius 1 is 1.30 bits per heavy atom. The summed E-state index contributed by atoms with van der Waals surface area (Å²) in [5, 5.41) is 0.924. The molecular weight excluding hydrogens is 155 g/mol. The van der Waals surface area contributed by atoms with Crippen LogP contribution in [0.15, 0.2) is 0 Å². The molecule has 0 heterocycles. The van der Waals surface area contributed by atoms with E-state index < -0.39 is 8.07 Å². The highest BCUT2D eigenvalue weighted by molar-refractivity contribution is 7.25. The maximum atomic E-state index is 3.02. The Balaban J connectivity index is 3.52. The van der Waals surface area contributed by atoms with E-state index in [9.17, 15) is 0 Å². The van der Waals surface area contributed by atoms with Crippen LogP contribution < -0.4 is 0 Å². The van der Waals surface area contributed by atoms with Gasteiger partial charge in [-0.1, -0.05) is 39.4 Å². The van der Waals surface area contributed by atoms with E-state index in [0.717, 1.165) is 5.28 Å². The molecule has 0 rings (SSSR count). The third kappa shape index (κ3) is 4.46. The van der Waals surface area contributed by atoms with Gasteiger partial charge in [-0.05, 0) is 11.7 Å².